The van der Waals surface area contributed by atoms with Crippen molar-refractivity contribution in [2.75, 3.05) is 0 Å². The maximum absolute atomic E-state index is 2.46. The Labute approximate surface area is 151 Å². The molecule has 0 atom stereocenters. The molecule has 0 spiro atoms. The number of aryl methyl sites for hydroxylation is 1. The van der Waals surface area contributed by atoms with Crippen molar-refractivity contribution in [1.29, 1.82) is 0 Å². The monoisotopic (exact) mass is 454 g/mol. The fourth-order valence-electron chi connectivity index (χ4n) is 2.13. The second kappa shape index (κ2) is 8.85. The summed E-state index contributed by atoms with van der Waals surface area (Å²) in [7, 11) is -1.78. The fourth-order valence-corrected chi connectivity index (χ4v) is 7.23. The Bertz CT molecular complexity index is 568. The molecule has 0 fully saturated rings. The molecule has 0 saturated carbocycles. The Morgan fingerprint density at radius 2 is 1.41 bits per heavy atom. The summed E-state index contributed by atoms with van der Waals surface area (Å²) in [5.74, 6) is 0. The van der Waals surface area contributed by atoms with Crippen LogP contribution in [0, 0.1) is 6.92 Å². The summed E-state index contributed by atoms with van der Waals surface area (Å²) in [5.41, 5.74) is 0. The van der Waals surface area contributed by atoms with Gasteiger partial charge in [0.1, 0.15) is 8.07 Å². The van der Waals surface area contributed by atoms with Gasteiger partial charge in [-0.25, -0.2) is 0 Å². The normalized spacial score (nSPS) is 11.5. The van der Waals surface area contributed by atoms with E-state index in [9.17, 15) is 0 Å². The van der Waals surface area contributed by atoms with Crippen molar-refractivity contribution in [2.24, 2.45) is 0 Å². The third-order valence-electron chi connectivity index (χ3n) is 3.54. The molecule has 0 aliphatic carbocycles. The van der Waals surface area contributed by atoms with Gasteiger partial charge in [-0.3, -0.25) is 0 Å². The van der Waals surface area contributed by atoms with Crippen LogP contribution in [0.2, 0.25) is 41.0 Å². The second-order valence-electron chi connectivity index (χ2n) is 7.11. The van der Waals surface area contributed by atoms with Gasteiger partial charge in [0.15, 0.2) is 0 Å². The standard InChI is InChI=1S/C15H21SSi2.3CH3.Sn/c1-12-6-11-15(16-12)18(4,5)14-9-7-13(8-10-14)17(2)3;;;;/h6-11H,1-5H3;3*1H3;. The predicted molar refractivity (Wildman–Crippen MR) is 113 cm³/mol. The molecule has 0 saturated heterocycles. The first kappa shape index (κ1) is 20.2. The van der Waals surface area contributed by atoms with E-state index >= 15 is 0 Å². The molecule has 2 radical (unpaired) electrons. The SMILES string of the molecule is Cc1ccc([Si](C)(C)c2ccc([Si](C)C)cc2)s1.[CH3][Sn]([CH3])[CH3]. The second-order valence-corrected chi connectivity index (χ2v) is 24.3. The molecule has 0 bridgehead atoms. The van der Waals surface area contributed by atoms with Crippen LogP contribution >= 0.6 is 11.3 Å². The molecule has 0 amide bonds. The van der Waals surface area contributed by atoms with Crippen LogP contribution < -0.4 is 14.9 Å². The van der Waals surface area contributed by atoms with E-state index < -0.39 is 27.8 Å². The first-order chi connectivity index (χ1) is 10.1. The van der Waals surface area contributed by atoms with Gasteiger partial charge in [0.05, 0.1) is 8.80 Å². The van der Waals surface area contributed by atoms with Gasteiger partial charge in [-0.15, -0.1) is 11.3 Å². The number of benzene rings is 1. The van der Waals surface area contributed by atoms with Crippen LogP contribution in [-0.4, -0.2) is 36.6 Å². The van der Waals surface area contributed by atoms with Crippen molar-refractivity contribution in [3.63, 3.8) is 0 Å². The van der Waals surface area contributed by atoms with Gasteiger partial charge < -0.3 is 0 Å². The Hall–Kier alpha value is 0.152. The maximum atomic E-state index is 2.46. The summed E-state index contributed by atoms with van der Waals surface area (Å²) in [6, 6.07) is 14.0. The molecule has 2 aromatic rings. The van der Waals surface area contributed by atoms with E-state index in [1.807, 2.05) is 11.3 Å². The third kappa shape index (κ3) is 5.98. The van der Waals surface area contributed by atoms with Crippen LogP contribution in [0.1, 0.15) is 4.88 Å². The van der Waals surface area contributed by atoms with Crippen LogP contribution in [0.3, 0.4) is 0 Å². The minimum atomic E-state index is -1.46. The van der Waals surface area contributed by atoms with Crippen molar-refractivity contribution in [1.82, 2.24) is 0 Å². The van der Waals surface area contributed by atoms with Crippen molar-refractivity contribution in [3.8, 4) is 0 Å². The zero-order valence-electron chi connectivity index (χ0n) is 15.4. The fraction of sp³-hybridized carbons (Fsp3) is 0.444. The quantitative estimate of drug-likeness (QED) is 0.611. The summed E-state index contributed by atoms with van der Waals surface area (Å²) < 4.78 is 1.59. The number of rotatable bonds is 3. The summed E-state index contributed by atoms with van der Waals surface area (Å²) in [4.78, 5) is 8.52. The van der Waals surface area contributed by atoms with E-state index in [0.29, 0.717) is 0 Å². The average Bonchev–Trinajstić information content (AvgIpc) is 2.85. The van der Waals surface area contributed by atoms with Gasteiger partial charge in [0.2, 0.25) is 0 Å². The van der Waals surface area contributed by atoms with Crippen LogP contribution in [-0.2, 0) is 0 Å². The van der Waals surface area contributed by atoms with Crippen LogP contribution in [0.15, 0.2) is 36.4 Å². The molecule has 2 rings (SSSR count). The molecule has 4 heteroatoms. The van der Waals surface area contributed by atoms with Crippen LogP contribution in [0.5, 0.6) is 0 Å². The Morgan fingerprint density at radius 1 is 0.909 bits per heavy atom. The molecule has 1 heterocycles. The molecule has 0 unspecified atom stereocenters. The van der Waals surface area contributed by atoms with Crippen LogP contribution in [0.25, 0.3) is 0 Å². The number of thiophene rings is 1. The molecular formula is C18H30SSi2Sn. The Kier molecular flexibility index (Phi) is 8.13. The van der Waals surface area contributed by atoms with Crippen LogP contribution in [0.4, 0.5) is 0 Å². The predicted octanol–water partition coefficient (Wildman–Crippen LogP) is 4.21. The molecule has 120 valence electrons. The van der Waals surface area contributed by atoms with Gasteiger partial charge in [0, 0.05) is 4.88 Å². The van der Waals surface area contributed by atoms with Gasteiger partial charge in [-0.05, 0) is 17.5 Å². The molecular weight excluding hydrogens is 423 g/mol. The summed E-state index contributed by atoms with van der Waals surface area (Å²) >= 11 is 1.42. The Balaban J connectivity index is 0.000000541. The minimum absolute atomic E-state index is 0.316. The molecule has 1 aromatic heterocycles. The van der Waals surface area contributed by atoms with Gasteiger partial charge >= 0.3 is 34.6 Å². The van der Waals surface area contributed by atoms with E-state index in [2.05, 4.69) is 84.3 Å². The number of hydrogen-bond acceptors (Lipinski definition) is 1. The van der Waals surface area contributed by atoms with Crippen molar-refractivity contribution >= 4 is 62.8 Å². The van der Waals surface area contributed by atoms with E-state index in [1.54, 1.807) is 9.69 Å². The van der Waals surface area contributed by atoms with Gasteiger partial charge in [-0.2, -0.15) is 0 Å². The van der Waals surface area contributed by atoms with Crippen molar-refractivity contribution < 1.29 is 0 Å². The van der Waals surface area contributed by atoms with Gasteiger partial charge in [-0.1, -0.05) is 66.9 Å². The summed E-state index contributed by atoms with van der Waals surface area (Å²) in [6.45, 7) is 11.8. The molecule has 0 N–H and O–H groups in total. The average molecular weight is 453 g/mol. The zero-order chi connectivity index (χ0) is 16.9. The van der Waals surface area contributed by atoms with E-state index in [0.717, 1.165) is 0 Å². The Morgan fingerprint density at radius 3 is 1.77 bits per heavy atom. The first-order valence-corrected chi connectivity index (χ1v) is 22.8. The van der Waals surface area contributed by atoms with Crippen molar-refractivity contribution in [3.05, 3.63) is 41.3 Å². The zero-order valence-corrected chi connectivity index (χ0v) is 21.0. The van der Waals surface area contributed by atoms with Gasteiger partial charge in [0.25, 0.3) is 0 Å². The first-order valence-electron chi connectivity index (χ1n) is 7.89. The summed E-state index contributed by atoms with van der Waals surface area (Å²) in [6.07, 6.45) is 0. The molecule has 0 nitrogen and oxygen atoms in total. The van der Waals surface area contributed by atoms with E-state index in [1.165, 1.54) is 10.1 Å². The third-order valence-corrected chi connectivity index (χ3v) is 10.9. The molecule has 0 aliphatic rings. The van der Waals surface area contributed by atoms with Crippen molar-refractivity contribution in [2.45, 2.75) is 47.9 Å². The number of hydrogen-bond donors (Lipinski definition) is 0. The molecule has 22 heavy (non-hydrogen) atoms. The van der Waals surface area contributed by atoms with E-state index in [-0.39, 0.29) is 8.80 Å². The van der Waals surface area contributed by atoms with E-state index in [4.69, 9.17) is 0 Å². The summed E-state index contributed by atoms with van der Waals surface area (Å²) in [5, 5.41) is 3.09. The molecule has 1 aromatic carbocycles. The topological polar surface area (TPSA) is 0 Å². The molecule has 0 aliphatic heterocycles.